The van der Waals surface area contributed by atoms with E-state index in [-0.39, 0.29) is 46.2 Å². The van der Waals surface area contributed by atoms with Gasteiger partial charge in [0.2, 0.25) is 11.5 Å². The highest BCUT2D eigenvalue weighted by molar-refractivity contribution is 6.46. The lowest BCUT2D eigenvalue weighted by molar-refractivity contribution is -0.130. The summed E-state index contributed by atoms with van der Waals surface area (Å²) in [5, 5.41) is 9.11. The van der Waals surface area contributed by atoms with E-state index in [2.05, 4.69) is 6.92 Å². The van der Waals surface area contributed by atoms with Gasteiger partial charge in [-0.25, -0.2) is 4.39 Å². The van der Waals surface area contributed by atoms with Crippen molar-refractivity contribution in [3.8, 4) is 0 Å². The molecule has 0 aliphatic heterocycles. The van der Waals surface area contributed by atoms with Crippen molar-refractivity contribution in [2.45, 2.75) is 76.1 Å². The summed E-state index contributed by atoms with van der Waals surface area (Å²) in [6, 6.07) is 0. The summed E-state index contributed by atoms with van der Waals surface area (Å²) in [6.45, 7) is 6.71. The second kappa shape index (κ2) is 8.11. The van der Waals surface area contributed by atoms with Crippen molar-refractivity contribution >= 4 is 46.4 Å². The topological polar surface area (TPSA) is 72.8 Å². The van der Waals surface area contributed by atoms with E-state index in [1.807, 2.05) is 0 Å². The van der Waals surface area contributed by atoms with Gasteiger partial charge in [0, 0.05) is 11.5 Å². The van der Waals surface area contributed by atoms with Gasteiger partial charge >= 0.3 is 0 Å². The number of alkyl halides is 3. The SMILES string of the molecule is COC1=C(OC(C)O)[C@@]2(C)C(=C(Cl)C1=O)[C@@H](F)C[C@H]1[C@@H]3CC[C@H](C(C)=O)[C@@]3(C)C[C@H](Cl)[C@@]12Cl. The molecule has 4 aliphatic carbocycles. The number of methoxy groups -OCH3 is 1. The van der Waals surface area contributed by atoms with E-state index in [1.54, 1.807) is 13.8 Å². The lowest BCUT2D eigenvalue weighted by Gasteiger charge is -2.64. The van der Waals surface area contributed by atoms with Crippen LogP contribution >= 0.6 is 34.8 Å². The Labute approximate surface area is 208 Å². The molecule has 0 saturated heterocycles. The Morgan fingerprint density at radius 3 is 2.45 bits per heavy atom. The van der Waals surface area contributed by atoms with Crippen LogP contribution in [0.15, 0.2) is 22.1 Å². The van der Waals surface area contributed by atoms with Crippen LogP contribution in [0.3, 0.4) is 0 Å². The number of carbonyl (C=O) groups excluding carboxylic acids is 2. The van der Waals surface area contributed by atoms with Crippen LogP contribution in [0.2, 0.25) is 0 Å². The Bertz CT molecular complexity index is 964. The third-order valence-corrected chi connectivity index (χ3v) is 10.8. The number of halogens is 4. The van der Waals surface area contributed by atoms with Crippen molar-refractivity contribution in [2.75, 3.05) is 7.11 Å². The molecule has 9 heteroatoms. The molecule has 0 bridgehead atoms. The quantitative estimate of drug-likeness (QED) is 0.402. The average molecular weight is 524 g/mol. The van der Waals surface area contributed by atoms with Gasteiger partial charge in [0.05, 0.1) is 27.8 Å². The van der Waals surface area contributed by atoms with Crippen LogP contribution in [0.25, 0.3) is 0 Å². The summed E-state index contributed by atoms with van der Waals surface area (Å²) < 4.78 is 27.1. The first-order chi connectivity index (χ1) is 15.3. The monoisotopic (exact) mass is 522 g/mol. The molecule has 0 aromatic rings. The maximum absolute atomic E-state index is 16.0. The molecule has 0 aromatic heterocycles. The molecular weight excluding hydrogens is 494 g/mol. The van der Waals surface area contributed by atoms with Crippen molar-refractivity contribution in [3.63, 3.8) is 0 Å². The Balaban J connectivity index is 1.97. The molecule has 1 N–H and O–H groups in total. The lowest BCUT2D eigenvalue weighted by atomic mass is 9.46. The predicted molar refractivity (Wildman–Crippen MR) is 124 cm³/mol. The van der Waals surface area contributed by atoms with E-state index in [0.29, 0.717) is 12.8 Å². The molecule has 33 heavy (non-hydrogen) atoms. The van der Waals surface area contributed by atoms with Gasteiger partial charge < -0.3 is 14.6 Å². The Hall–Kier alpha value is -0.820. The highest BCUT2D eigenvalue weighted by atomic mass is 35.5. The number of aliphatic hydroxyl groups is 1. The summed E-state index contributed by atoms with van der Waals surface area (Å²) in [5.41, 5.74) is -1.84. The van der Waals surface area contributed by atoms with Crippen molar-refractivity contribution < 1.29 is 28.6 Å². The fourth-order valence-corrected chi connectivity index (χ4v) is 9.17. The molecule has 9 atom stereocenters. The van der Waals surface area contributed by atoms with Crippen LogP contribution in [0.1, 0.15) is 53.4 Å². The zero-order valence-electron chi connectivity index (χ0n) is 19.4. The molecule has 0 heterocycles. The van der Waals surface area contributed by atoms with Crippen LogP contribution in [0.5, 0.6) is 0 Å². The fraction of sp³-hybridized carbons (Fsp3) is 0.750. The van der Waals surface area contributed by atoms with Gasteiger partial charge in [-0.15, -0.1) is 23.2 Å². The minimum Gasteiger partial charge on any atom is -0.490 e. The number of hydrogen-bond donors (Lipinski definition) is 1. The highest BCUT2D eigenvalue weighted by Gasteiger charge is 2.74. The zero-order chi connectivity index (χ0) is 24.7. The minimum atomic E-state index is -1.57. The maximum atomic E-state index is 16.0. The van der Waals surface area contributed by atoms with Crippen molar-refractivity contribution in [3.05, 3.63) is 22.1 Å². The van der Waals surface area contributed by atoms with Crippen molar-refractivity contribution in [1.82, 2.24) is 0 Å². The third-order valence-electron chi connectivity index (χ3n) is 8.87. The van der Waals surface area contributed by atoms with Crippen LogP contribution in [0.4, 0.5) is 4.39 Å². The van der Waals surface area contributed by atoms with E-state index < -0.39 is 45.2 Å². The van der Waals surface area contributed by atoms with Gasteiger partial charge in [-0.1, -0.05) is 18.5 Å². The zero-order valence-corrected chi connectivity index (χ0v) is 21.7. The average Bonchev–Trinajstić information content (AvgIpc) is 3.05. The van der Waals surface area contributed by atoms with Crippen molar-refractivity contribution in [2.24, 2.45) is 28.6 Å². The number of hydrogen-bond acceptors (Lipinski definition) is 5. The summed E-state index contributed by atoms with van der Waals surface area (Å²) in [7, 11) is 1.29. The Morgan fingerprint density at radius 2 is 1.91 bits per heavy atom. The molecule has 0 aromatic carbocycles. The smallest absolute Gasteiger partial charge is 0.242 e. The second-order valence-corrected chi connectivity index (χ2v) is 11.9. The number of fused-ring (bicyclic) bond motifs is 5. The van der Waals surface area contributed by atoms with Crippen LogP contribution in [-0.2, 0) is 19.1 Å². The molecule has 1 unspecified atom stereocenters. The first kappa shape index (κ1) is 25.3. The Morgan fingerprint density at radius 1 is 1.27 bits per heavy atom. The van der Waals surface area contributed by atoms with Gasteiger partial charge in [0.1, 0.15) is 12.0 Å². The second-order valence-electron chi connectivity index (χ2n) is 10.4. The van der Waals surface area contributed by atoms with Crippen LogP contribution in [-0.4, -0.2) is 46.5 Å². The van der Waals surface area contributed by atoms with Gasteiger partial charge in [0.15, 0.2) is 12.0 Å². The number of ketones is 2. The number of Topliss-reactive ketones (excluding diaryl/α,β-unsaturated/α-hetero) is 2. The molecule has 0 spiro atoms. The largest absolute Gasteiger partial charge is 0.490 e. The fourth-order valence-electron chi connectivity index (χ4n) is 7.56. The van der Waals surface area contributed by atoms with Gasteiger partial charge in [-0.2, -0.15) is 0 Å². The highest BCUT2D eigenvalue weighted by Crippen LogP contribution is 2.73. The van der Waals surface area contributed by atoms with E-state index in [1.165, 1.54) is 14.0 Å². The molecule has 4 rings (SSSR count). The van der Waals surface area contributed by atoms with Gasteiger partial charge in [-0.3, -0.25) is 9.59 Å². The number of allylic oxidation sites excluding steroid dienone is 2. The Kier molecular flexibility index (Phi) is 6.21. The van der Waals surface area contributed by atoms with Crippen LogP contribution < -0.4 is 0 Å². The molecule has 0 radical (unpaired) electrons. The molecule has 184 valence electrons. The number of rotatable bonds is 4. The number of aliphatic hydroxyl groups excluding tert-OH is 1. The molecule has 4 aliphatic rings. The third kappa shape index (κ3) is 3.12. The molecule has 5 nitrogen and oxygen atoms in total. The normalized spacial score (nSPS) is 45.9. The molecule has 0 amide bonds. The van der Waals surface area contributed by atoms with E-state index in [4.69, 9.17) is 44.3 Å². The van der Waals surface area contributed by atoms with Crippen LogP contribution in [0, 0.1) is 28.6 Å². The summed E-state index contributed by atoms with van der Waals surface area (Å²) in [4.78, 5) is 24.1. The van der Waals surface area contributed by atoms with E-state index in [0.717, 1.165) is 6.42 Å². The first-order valence-corrected chi connectivity index (χ1v) is 12.5. The number of ether oxygens (including phenoxy) is 2. The minimum absolute atomic E-state index is 0.0206. The summed E-state index contributed by atoms with van der Waals surface area (Å²) >= 11 is 21.1. The standard InChI is InChI=1S/C24H30Cl3FO5/c1-10(29)12-6-7-13-14-8-15(28)17-18(26)19(31)20(32-5)21(33-11(2)30)23(17,4)24(14,27)16(25)9-22(12,13)3/h11-16,30H,6-9H2,1-5H3/t11?,12-,13+,14+,15+,16+,22-,23-,24+/m1/s1. The molecule has 3 fully saturated rings. The van der Waals surface area contributed by atoms with Crippen molar-refractivity contribution in [1.29, 1.82) is 0 Å². The maximum Gasteiger partial charge on any atom is 0.242 e. The first-order valence-electron chi connectivity index (χ1n) is 11.3. The predicted octanol–water partition coefficient (Wildman–Crippen LogP) is 5.25. The van der Waals surface area contributed by atoms with E-state index in [9.17, 15) is 14.7 Å². The number of carbonyl (C=O) groups is 2. The summed E-state index contributed by atoms with van der Waals surface area (Å²) in [5.74, 6) is -1.51. The lowest BCUT2D eigenvalue weighted by Crippen LogP contribution is -2.68. The van der Waals surface area contributed by atoms with Gasteiger partial charge in [-0.05, 0) is 63.7 Å². The van der Waals surface area contributed by atoms with E-state index >= 15 is 4.39 Å². The van der Waals surface area contributed by atoms with Gasteiger partial charge in [0.25, 0.3) is 0 Å². The molecular formula is C24H30Cl3FO5. The molecule has 3 saturated carbocycles. The summed E-state index contributed by atoms with van der Waals surface area (Å²) in [6.07, 6.45) is -0.976.